The Morgan fingerprint density at radius 3 is 2.42 bits per heavy atom. The Labute approximate surface area is 154 Å². The highest BCUT2D eigenvalue weighted by Crippen LogP contribution is 2.22. The summed E-state index contributed by atoms with van der Waals surface area (Å²) in [4.78, 5) is 45.9. The third kappa shape index (κ3) is 3.86. The standard InChI is InChI=1S/C19H26N4O3/c1-2-17-5-3-4-6-23(17)19(26)16-11-15(12-20-13-16)18(25)22-9-7-21(14-24)8-10-22/h11-14,17H,2-10H2,1H3. The molecule has 140 valence electrons. The van der Waals surface area contributed by atoms with Crippen LogP contribution in [0, 0.1) is 0 Å². The Balaban J connectivity index is 1.72. The number of rotatable bonds is 4. The third-order valence-electron chi connectivity index (χ3n) is 5.34. The van der Waals surface area contributed by atoms with Crippen molar-refractivity contribution in [2.45, 2.75) is 38.6 Å². The maximum atomic E-state index is 12.9. The van der Waals surface area contributed by atoms with Crippen molar-refractivity contribution in [2.24, 2.45) is 0 Å². The summed E-state index contributed by atoms with van der Waals surface area (Å²) in [6.45, 7) is 4.94. The molecule has 26 heavy (non-hydrogen) atoms. The summed E-state index contributed by atoms with van der Waals surface area (Å²) < 4.78 is 0. The fourth-order valence-corrected chi connectivity index (χ4v) is 3.75. The molecule has 2 saturated heterocycles. The molecule has 0 bridgehead atoms. The molecular weight excluding hydrogens is 332 g/mol. The highest BCUT2D eigenvalue weighted by atomic mass is 16.2. The van der Waals surface area contributed by atoms with Crippen molar-refractivity contribution in [3.8, 4) is 0 Å². The fourth-order valence-electron chi connectivity index (χ4n) is 3.75. The van der Waals surface area contributed by atoms with Crippen LogP contribution in [0.1, 0.15) is 53.3 Å². The summed E-state index contributed by atoms with van der Waals surface area (Å²) in [7, 11) is 0. The molecule has 2 aliphatic rings. The lowest BCUT2D eigenvalue weighted by molar-refractivity contribution is -0.119. The minimum Gasteiger partial charge on any atom is -0.342 e. The van der Waals surface area contributed by atoms with Crippen LogP contribution in [0.4, 0.5) is 0 Å². The molecule has 2 aliphatic heterocycles. The van der Waals surface area contributed by atoms with E-state index in [9.17, 15) is 14.4 Å². The van der Waals surface area contributed by atoms with Crippen LogP contribution in [0.5, 0.6) is 0 Å². The lowest BCUT2D eigenvalue weighted by Crippen LogP contribution is -2.48. The van der Waals surface area contributed by atoms with Crippen molar-refractivity contribution in [1.29, 1.82) is 0 Å². The van der Waals surface area contributed by atoms with Gasteiger partial charge in [-0.05, 0) is 31.7 Å². The predicted molar refractivity (Wildman–Crippen MR) is 96.7 cm³/mol. The number of nitrogens with zero attached hydrogens (tertiary/aromatic N) is 4. The molecule has 1 unspecified atom stereocenters. The second-order valence-corrected chi connectivity index (χ2v) is 6.95. The molecule has 0 saturated carbocycles. The number of carbonyl (C=O) groups excluding carboxylic acids is 3. The molecule has 7 nitrogen and oxygen atoms in total. The average molecular weight is 358 g/mol. The van der Waals surface area contributed by atoms with E-state index in [0.29, 0.717) is 37.3 Å². The molecule has 0 aromatic carbocycles. The van der Waals surface area contributed by atoms with E-state index in [-0.39, 0.29) is 17.9 Å². The van der Waals surface area contributed by atoms with Gasteiger partial charge in [-0.1, -0.05) is 6.92 Å². The molecule has 1 atom stereocenters. The summed E-state index contributed by atoms with van der Waals surface area (Å²) in [6.07, 6.45) is 8.03. The van der Waals surface area contributed by atoms with Gasteiger partial charge in [-0.3, -0.25) is 19.4 Å². The number of likely N-dealkylation sites (tertiary alicyclic amines) is 1. The topological polar surface area (TPSA) is 73.8 Å². The molecule has 1 aromatic rings. The quantitative estimate of drug-likeness (QED) is 0.763. The van der Waals surface area contributed by atoms with Gasteiger partial charge in [0.05, 0.1) is 11.1 Å². The Kier molecular flexibility index (Phi) is 5.85. The summed E-state index contributed by atoms with van der Waals surface area (Å²) in [5.74, 6) is -0.173. The van der Waals surface area contributed by atoms with Crippen LogP contribution < -0.4 is 0 Å². The van der Waals surface area contributed by atoms with Crippen molar-refractivity contribution in [3.05, 3.63) is 29.6 Å². The van der Waals surface area contributed by atoms with Crippen molar-refractivity contribution in [1.82, 2.24) is 19.7 Å². The number of carbonyl (C=O) groups is 3. The molecule has 0 aliphatic carbocycles. The maximum Gasteiger partial charge on any atom is 0.255 e. The van der Waals surface area contributed by atoms with Crippen LogP contribution >= 0.6 is 0 Å². The lowest BCUT2D eigenvalue weighted by Gasteiger charge is -2.35. The van der Waals surface area contributed by atoms with Crippen LogP contribution in [0.25, 0.3) is 0 Å². The zero-order valence-corrected chi connectivity index (χ0v) is 15.3. The minimum absolute atomic E-state index is 0.0375. The van der Waals surface area contributed by atoms with Gasteiger partial charge in [0.2, 0.25) is 6.41 Å². The Morgan fingerprint density at radius 2 is 1.77 bits per heavy atom. The number of piperazine rings is 1. The van der Waals surface area contributed by atoms with E-state index in [1.807, 2.05) is 4.90 Å². The summed E-state index contributed by atoms with van der Waals surface area (Å²) >= 11 is 0. The van der Waals surface area contributed by atoms with Gasteiger partial charge >= 0.3 is 0 Å². The second-order valence-electron chi connectivity index (χ2n) is 6.95. The third-order valence-corrected chi connectivity index (χ3v) is 5.34. The van der Waals surface area contributed by atoms with Crippen LogP contribution in [0.2, 0.25) is 0 Å². The molecule has 3 heterocycles. The normalized spacial score (nSPS) is 20.8. The first kappa shape index (κ1) is 18.4. The molecule has 7 heteroatoms. The van der Waals surface area contributed by atoms with Gasteiger partial charge in [-0.15, -0.1) is 0 Å². The Hall–Kier alpha value is -2.44. The van der Waals surface area contributed by atoms with Crippen LogP contribution in [0.3, 0.4) is 0 Å². The van der Waals surface area contributed by atoms with E-state index < -0.39 is 0 Å². The first-order chi connectivity index (χ1) is 12.6. The van der Waals surface area contributed by atoms with Gasteiger partial charge in [0.25, 0.3) is 11.8 Å². The van der Waals surface area contributed by atoms with Crippen LogP contribution in [0.15, 0.2) is 18.5 Å². The average Bonchev–Trinajstić information content (AvgIpc) is 2.72. The van der Waals surface area contributed by atoms with Gasteiger partial charge in [0, 0.05) is 51.2 Å². The first-order valence-corrected chi connectivity index (χ1v) is 9.38. The van der Waals surface area contributed by atoms with Crippen LogP contribution in [-0.2, 0) is 4.79 Å². The molecule has 0 spiro atoms. The van der Waals surface area contributed by atoms with E-state index in [1.54, 1.807) is 22.1 Å². The molecular formula is C19H26N4O3. The number of hydrogen-bond acceptors (Lipinski definition) is 4. The second kappa shape index (κ2) is 8.29. The predicted octanol–water partition coefficient (Wildman–Crippen LogP) is 1.40. The van der Waals surface area contributed by atoms with E-state index in [1.165, 1.54) is 6.20 Å². The van der Waals surface area contributed by atoms with Crippen molar-refractivity contribution >= 4 is 18.2 Å². The SMILES string of the molecule is CCC1CCCCN1C(=O)c1cncc(C(=O)N2CCN(C=O)CC2)c1. The molecule has 3 amide bonds. The number of hydrogen-bond donors (Lipinski definition) is 0. The van der Waals surface area contributed by atoms with Gasteiger partial charge in [0.1, 0.15) is 0 Å². The summed E-state index contributed by atoms with van der Waals surface area (Å²) in [5, 5.41) is 0. The van der Waals surface area contributed by atoms with Gasteiger partial charge in [-0.2, -0.15) is 0 Å². The smallest absolute Gasteiger partial charge is 0.255 e. The number of aromatic nitrogens is 1. The Bertz CT molecular complexity index is 671. The van der Waals surface area contributed by atoms with E-state index in [0.717, 1.165) is 38.6 Å². The zero-order valence-electron chi connectivity index (χ0n) is 15.3. The molecule has 0 N–H and O–H groups in total. The fraction of sp³-hybridized carbons (Fsp3) is 0.579. The van der Waals surface area contributed by atoms with Crippen molar-refractivity contribution in [2.75, 3.05) is 32.7 Å². The Morgan fingerprint density at radius 1 is 1.08 bits per heavy atom. The van der Waals surface area contributed by atoms with Gasteiger partial charge < -0.3 is 14.7 Å². The minimum atomic E-state index is -0.136. The largest absolute Gasteiger partial charge is 0.342 e. The number of pyridine rings is 1. The zero-order chi connectivity index (χ0) is 18.5. The molecule has 1 aromatic heterocycles. The van der Waals surface area contributed by atoms with E-state index in [4.69, 9.17) is 0 Å². The van der Waals surface area contributed by atoms with E-state index in [2.05, 4.69) is 11.9 Å². The first-order valence-electron chi connectivity index (χ1n) is 9.38. The number of piperidine rings is 1. The van der Waals surface area contributed by atoms with Crippen molar-refractivity contribution < 1.29 is 14.4 Å². The highest BCUT2D eigenvalue weighted by Gasteiger charge is 2.27. The van der Waals surface area contributed by atoms with Crippen LogP contribution in [-0.4, -0.2) is 76.7 Å². The molecule has 2 fully saturated rings. The number of amides is 3. The summed E-state index contributed by atoms with van der Waals surface area (Å²) in [6, 6.07) is 1.93. The molecule has 3 rings (SSSR count). The van der Waals surface area contributed by atoms with Gasteiger partial charge in [-0.25, -0.2) is 0 Å². The monoisotopic (exact) mass is 358 g/mol. The van der Waals surface area contributed by atoms with Gasteiger partial charge in [0.15, 0.2) is 0 Å². The lowest BCUT2D eigenvalue weighted by atomic mass is 9.99. The highest BCUT2D eigenvalue weighted by molar-refractivity contribution is 5.99. The maximum absolute atomic E-state index is 12.9. The summed E-state index contributed by atoms with van der Waals surface area (Å²) in [5.41, 5.74) is 0.906. The van der Waals surface area contributed by atoms with Crippen molar-refractivity contribution in [3.63, 3.8) is 0 Å². The molecule has 0 radical (unpaired) electrons. The van der Waals surface area contributed by atoms with E-state index >= 15 is 0 Å².